The van der Waals surface area contributed by atoms with Gasteiger partial charge in [0, 0.05) is 17.6 Å². The summed E-state index contributed by atoms with van der Waals surface area (Å²) in [5.74, 6) is 0.759. The maximum Gasteiger partial charge on any atom is 0.226 e. The Morgan fingerprint density at radius 3 is 3.11 bits per heavy atom. The quantitative estimate of drug-likeness (QED) is 0.720. The minimum absolute atomic E-state index is 0.244. The van der Waals surface area contributed by atoms with Crippen LogP contribution in [-0.2, 0) is 6.54 Å². The van der Waals surface area contributed by atoms with Gasteiger partial charge in [0.05, 0.1) is 5.39 Å². The van der Waals surface area contributed by atoms with Crippen LogP contribution < -0.4 is 5.32 Å². The number of thiophene rings is 1. The molecule has 4 nitrogen and oxygen atoms in total. The van der Waals surface area contributed by atoms with Crippen molar-refractivity contribution >= 4 is 39.8 Å². The first-order valence-electron chi connectivity index (χ1n) is 5.51. The zero-order chi connectivity index (χ0) is 12.5. The molecule has 0 aliphatic carbocycles. The van der Waals surface area contributed by atoms with Crippen LogP contribution in [0.3, 0.4) is 0 Å². The van der Waals surface area contributed by atoms with E-state index in [-0.39, 0.29) is 5.28 Å². The zero-order valence-corrected chi connectivity index (χ0v) is 11.3. The summed E-state index contributed by atoms with van der Waals surface area (Å²) >= 11 is 7.63. The standard InChI is InChI=1S/C12H11ClN4S/c1-7-4-8(6-18-7)5-15-11-9-2-3-14-10(9)16-12(13)17-11/h2-4,6H,5H2,1H3,(H2,14,15,16,17). The van der Waals surface area contributed by atoms with Crippen molar-refractivity contribution in [1.29, 1.82) is 0 Å². The Kier molecular flexibility index (Phi) is 2.93. The molecule has 0 radical (unpaired) electrons. The number of fused-ring (bicyclic) bond motifs is 1. The van der Waals surface area contributed by atoms with Crippen molar-refractivity contribution in [2.45, 2.75) is 13.5 Å². The summed E-state index contributed by atoms with van der Waals surface area (Å²) in [7, 11) is 0. The van der Waals surface area contributed by atoms with E-state index in [1.54, 1.807) is 11.3 Å². The summed E-state index contributed by atoms with van der Waals surface area (Å²) in [6.45, 7) is 2.83. The summed E-state index contributed by atoms with van der Waals surface area (Å²) in [5, 5.41) is 6.63. The van der Waals surface area contributed by atoms with Crippen LogP contribution in [0.4, 0.5) is 5.82 Å². The number of nitrogens with one attached hydrogen (secondary N) is 2. The van der Waals surface area contributed by atoms with E-state index in [4.69, 9.17) is 11.6 Å². The van der Waals surface area contributed by atoms with E-state index in [1.807, 2.05) is 12.3 Å². The van der Waals surface area contributed by atoms with Crippen molar-refractivity contribution in [3.05, 3.63) is 39.4 Å². The molecule has 0 atom stereocenters. The first-order chi connectivity index (χ1) is 8.72. The second-order valence-corrected chi connectivity index (χ2v) is 5.45. The van der Waals surface area contributed by atoms with Crippen LogP contribution in [0.1, 0.15) is 10.4 Å². The normalized spacial score (nSPS) is 11.0. The van der Waals surface area contributed by atoms with Crippen LogP contribution in [0, 0.1) is 6.92 Å². The predicted octanol–water partition coefficient (Wildman–Crippen LogP) is 3.59. The first kappa shape index (κ1) is 11.5. The van der Waals surface area contributed by atoms with Crippen LogP contribution in [0.25, 0.3) is 11.0 Å². The van der Waals surface area contributed by atoms with Gasteiger partial charge in [-0.2, -0.15) is 4.98 Å². The number of hydrogen-bond acceptors (Lipinski definition) is 4. The Hall–Kier alpha value is -1.59. The molecule has 92 valence electrons. The Balaban J connectivity index is 1.87. The van der Waals surface area contributed by atoms with Crippen molar-refractivity contribution < 1.29 is 0 Å². The largest absolute Gasteiger partial charge is 0.365 e. The van der Waals surface area contributed by atoms with E-state index in [9.17, 15) is 0 Å². The molecule has 0 aliphatic rings. The zero-order valence-electron chi connectivity index (χ0n) is 9.70. The van der Waals surface area contributed by atoms with Gasteiger partial charge in [0.1, 0.15) is 11.5 Å². The lowest BCUT2D eigenvalue weighted by Gasteiger charge is -2.05. The molecule has 3 aromatic heterocycles. The summed E-state index contributed by atoms with van der Waals surface area (Å²) in [6.07, 6.45) is 1.83. The topological polar surface area (TPSA) is 53.6 Å². The van der Waals surface area contributed by atoms with Gasteiger partial charge >= 0.3 is 0 Å². The molecule has 0 amide bonds. The van der Waals surface area contributed by atoms with E-state index in [2.05, 4.69) is 38.6 Å². The van der Waals surface area contributed by atoms with Crippen LogP contribution in [0.2, 0.25) is 5.28 Å². The highest BCUT2D eigenvalue weighted by Gasteiger charge is 2.07. The first-order valence-corrected chi connectivity index (χ1v) is 6.76. The third kappa shape index (κ3) is 2.19. The Morgan fingerprint density at radius 1 is 1.44 bits per heavy atom. The summed E-state index contributed by atoms with van der Waals surface area (Å²) in [4.78, 5) is 12.7. The number of aryl methyl sites for hydroxylation is 1. The maximum absolute atomic E-state index is 5.89. The molecule has 0 saturated heterocycles. The summed E-state index contributed by atoms with van der Waals surface area (Å²) in [6, 6.07) is 4.10. The van der Waals surface area contributed by atoms with Gasteiger partial charge in [0.15, 0.2) is 0 Å². The number of anilines is 1. The SMILES string of the molecule is Cc1cc(CNc2nc(Cl)nc3[nH]ccc23)cs1. The molecular formula is C12H11ClN4S. The van der Waals surface area contributed by atoms with E-state index >= 15 is 0 Å². The molecule has 18 heavy (non-hydrogen) atoms. The van der Waals surface area contributed by atoms with Crippen molar-refractivity contribution in [2.75, 3.05) is 5.32 Å². The Morgan fingerprint density at radius 2 is 2.33 bits per heavy atom. The molecule has 0 unspecified atom stereocenters. The molecule has 2 N–H and O–H groups in total. The van der Waals surface area contributed by atoms with Crippen molar-refractivity contribution in [2.24, 2.45) is 0 Å². The molecule has 6 heteroatoms. The van der Waals surface area contributed by atoms with E-state index in [1.165, 1.54) is 10.4 Å². The predicted molar refractivity (Wildman–Crippen MR) is 75.3 cm³/mol. The molecule has 0 aliphatic heterocycles. The maximum atomic E-state index is 5.89. The Bertz CT molecular complexity index is 688. The fraction of sp³-hybridized carbons (Fsp3) is 0.167. The number of H-pyrrole nitrogens is 1. The molecule has 3 rings (SSSR count). The lowest BCUT2D eigenvalue weighted by Crippen LogP contribution is -2.01. The summed E-state index contributed by atoms with van der Waals surface area (Å²) in [5.41, 5.74) is 2.00. The summed E-state index contributed by atoms with van der Waals surface area (Å²) < 4.78 is 0. The fourth-order valence-corrected chi connectivity index (χ4v) is 2.70. The van der Waals surface area contributed by atoms with Gasteiger partial charge in [-0.3, -0.25) is 0 Å². The fourth-order valence-electron chi connectivity index (χ4n) is 1.82. The third-order valence-electron chi connectivity index (χ3n) is 2.63. The average molecular weight is 279 g/mol. The molecule has 3 heterocycles. The van der Waals surface area contributed by atoms with Crippen LogP contribution in [0.5, 0.6) is 0 Å². The highest BCUT2D eigenvalue weighted by molar-refractivity contribution is 7.10. The molecule has 0 spiro atoms. The lowest BCUT2D eigenvalue weighted by atomic mass is 10.3. The van der Waals surface area contributed by atoms with Crippen molar-refractivity contribution in [3.63, 3.8) is 0 Å². The second kappa shape index (κ2) is 4.59. The van der Waals surface area contributed by atoms with Gasteiger partial charge < -0.3 is 10.3 Å². The number of halogens is 1. The van der Waals surface area contributed by atoms with Crippen molar-refractivity contribution in [3.8, 4) is 0 Å². The minimum atomic E-state index is 0.244. The van der Waals surface area contributed by atoms with E-state index < -0.39 is 0 Å². The monoisotopic (exact) mass is 278 g/mol. The Labute approximate surface area is 113 Å². The highest BCUT2D eigenvalue weighted by Crippen LogP contribution is 2.22. The molecular weight excluding hydrogens is 268 g/mol. The van der Waals surface area contributed by atoms with Crippen LogP contribution >= 0.6 is 22.9 Å². The van der Waals surface area contributed by atoms with Gasteiger partial charge in [0.25, 0.3) is 0 Å². The van der Waals surface area contributed by atoms with Gasteiger partial charge in [-0.05, 0) is 41.6 Å². The number of hydrogen-bond donors (Lipinski definition) is 2. The number of rotatable bonds is 3. The highest BCUT2D eigenvalue weighted by atomic mass is 35.5. The molecule has 0 saturated carbocycles. The third-order valence-corrected chi connectivity index (χ3v) is 3.71. The van der Waals surface area contributed by atoms with Gasteiger partial charge in [0.2, 0.25) is 5.28 Å². The average Bonchev–Trinajstić information content (AvgIpc) is 2.94. The number of aromatic amines is 1. The number of aromatic nitrogens is 3. The smallest absolute Gasteiger partial charge is 0.226 e. The van der Waals surface area contributed by atoms with Crippen LogP contribution in [0.15, 0.2) is 23.7 Å². The molecule has 3 aromatic rings. The lowest BCUT2D eigenvalue weighted by molar-refractivity contribution is 1.11. The molecule has 0 bridgehead atoms. The minimum Gasteiger partial charge on any atom is -0.365 e. The number of nitrogens with zero attached hydrogens (tertiary/aromatic N) is 2. The van der Waals surface area contributed by atoms with E-state index in [0.29, 0.717) is 0 Å². The second-order valence-electron chi connectivity index (χ2n) is 4.00. The van der Waals surface area contributed by atoms with Crippen LogP contribution in [-0.4, -0.2) is 15.0 Å². The van der Waals surface area contributed by atoms with Gasteiger partial charge in [-0.15, -0.1) is 11.3 Å². The van der Waals surface area contributed by atoms with E-state index in [0.717, 1.165) is 23.4 Å². The molecule has 0 fully saturated rings. The van der Waals surface area contributed by atoms with Gasteiger partial charge in [-0.1, -0.05) is 0 Å². The van der Waals surface area contributed by atoms with Crippen molar-refractivity contribution in [1.82, 2.24) is 15.0 Å². The molecule has 0 aromatic carbocycles. The van der Waals surface area contributed by atoms with Gasteiger partial charge in [-0.25, -0.2) is 4.98 Å².